The number of methoxy groups -OCH3 is 1. The van der Waals surface area contributed by atoms with Crippen molar-refractivity contribution in [1.82, 2.24) is 5.32 Å². The van der Waals surface area contributed by atoms with Crippen LogP contribution in [0.4, 0.5) is 0 Å². The average Bonchev–Trinajstić information content (AvgIpc) is 2.87. The van der Waals surface area contributed by atoms with Crippen molar-refractivity contribution in [3.05, 3.63) is 51.2 Å². The van der Waals surface area contributed by atoms with Crippen LogP contribution < -0.4 is 10.1 Å². The van der Waals surface area contributed by atoms with E-state index in [1.807, 2.05) is 11.3 Å². The second kappa shape index (κ2) is 6.91. The van der Waals surface area contributed by atoms with Crippen molar-refractivity contribution in [2.45, 2.75) is 33.2 Å². The fraction of sp³-hybridized carbons (Fsp3) is 0.412. The van der Waals surface area contributed by atoms with Crippen molar-refractivity contribution in [2.24, 2.45) is 0 Å². The van der Waals surface area contributed by atoms with Crippen LogP contribution in [-0.2, 0) is 0 Å². The first-order chi connectivity index (χ1) is 9.65. The Morgan fingerprint density at radius 3 is 2.60 bits per heavy atom. The molecule has 2 aromatic rings. The third-order valence-electron chi connectivity index (χ3n) is 3.34. The van der Waals surface area contributed by atoms with E-state index in [4.69, 9.17) is 4.74 Å². The quantitative estimate of drug-likeness (QED) is 0.847. The SMILES string of the molecule is CCCNC(c1ccc(C)s1)c1ccc(C)cc1OC. The van der Waals surface area contributed by atoms with Gasteiger partial charge in [-0.1, -0.05) is 19.1 Å². The average molecular weight is 289 g/mol. The molecule has 0 amide bonds. The fourth-order valence-electron chi connectivity index (χ4n) is 2.32. The van der Waals surface area contributed by atoms with Crippen LogP contribution in [0.2, 0.25) is 0 Å². The molecule has 1 heterocycles. The Bertz CT molecular complexity index is 562. The first-order valence-corrected chi connectivity index (χ1v) is 7.91. The highest BCUT2D eigenvalue weighted by atomic mass is 32.1. The number of aryl methyl sites for hydroxylation is 2. The molecule has 1 aromatic carbocycles. The van der Waals surface area contributed by atoms with Crippen molar-refractivity contribution in [3.8, 4) is 5.75 Å². The first-order valence-electron chi connectivity index (χ1n) is 7.10. The number of benzene rings is 1. The van der Waals surface area contributed by atoms with Crippen LogP contribution in [0.15, 0.2) is 30.3 Å². The van der Waals surface area contributed by atoms with Gasteiger partial charge >= 0.3 is 0 Å². The van der Waals surface area contributed by atoms with Gasteiger partial charge in [0.1, 0.15) is 5.75 Å². The molecule has 2 nitrogen and oxygen atoms in total. The number of thiophene rings is 1. The van der Waals surface area contributed by atoms with E-state index < -0.39 is 0 Å². The minimum atomic E-state index is 0.212. The second-order valence-corrected chi connectivity index (χ2v) is 6.40. The van der Waals surface area contributed by atoms with Crippen LogP contribution in [0.3, 0.4) is 0 Å². The molecule has 0 spiro atoms. The van der Waals surface area contributed by atoms with Gasteiger partial charge in [0.25, 0.3) is 0 Å². The van der Waals surface area contributed by atoms with Crippen molar-refractivity contribution >= 4 is 11.3 Å². The van der Waals surface area contributed by atoms with E-state index in [1.165, 1.54) is 20.9 Å². The Balaban J connectivity index is 2.40. The zero-order valence-corrected chi connectivity index (χ0v) is 13.5. The normalized spacial score (nSPS) is 12.4. The summed E-state index contributed by atoms with van der Waals surface area (Å²) in [5, 5.41) is 3.64. The van der Waals surface area contributed by atoms with Crippen LogP contribution in [0.1, 0.15) is 40.3 Å². The van der Waals surface area contributed by atoms with Crippen LogP contribution >= 0.6 is 11.3 Å². The van der Waals surface area contributed by atoms with E-state index in [-0.39, 0.29) is 6.04 Å². The lowest BCUT2D eigenvalue weighted by Gasteiger charge is -2.20. The highest BCUT2D eigenvalue weighted by molar-refractivity contribution is 7.12. The summed E-state index contributed by atoms with van der Waals surface area (Å²) in [6.45, 7) is 7.43. The second-order valence-electron chi connectivity index (χ2n) is 5.08. The Morgan fingerprint density at radius 2 is 2.00 bits per heavy atom. The Morgan fingerprint density at radius 1 is 1.20 bits per heavy atom. The Kier molecular flexibility index (Phi) is 5.21. The molecule has 0 saturated heterocycles. The molecule has 0 aliphatic rings. The van der Waals surface area contributed by atoms with E-state index >= 15 is 0 Å². The van der Waals surface area contributed by atoms with E-state index in [0.717, 1.165) is 18.7 Å². The summed E-state index contributed by atoms with van der Waals surface area (Å²) in [4.78, 5) is 2.69. The lowest BCUT2D eigenvalue weighted by Crippen LogP contribution is -2.23. The summed E-state index contributed by atoms with van der Waals surface area (Å²) < 4.78 is 5.58. The monoisotopic (exact) mass is 289 g/mol. The van der Waals surface area contributed by atoms with Crippen LogP contribution in [0.5, 0.6) is 5.75 Å². The first kappa shape index (κ1) is 15.1. The van der Waals surface area contributed by atoms with Crippen molar-refractivity contribution in [2.75, 3.05) is 13.7 Å². The van der Waals surface area contributed by atoms with Crippen LogP contribution in [-0.4, -0.2) is 13.7 Å². The maximum atomic E-state index is 5.58. The summed E-state index contributed by atoms with van der Waals surface area (Å²) in [6, 6.07) is 11.0. The van der Waals surface area contributed by atoms with Gasteiger partial charge in [0, 0.05) is 15.3 Å². The van der Waals surface area contributed by atoms with Gasteiger partial charge in [0.2, 0.25) is 0 Å². The van der Waals surface area contributed by atoms with Gasteiger partial charge in [-0.05, 0) is 50.6 Å². The molecule has 108 valence electrons. The summed E-state index contributed by atoms with van der Waals surface area (Å²) in [6.07, 6.45) is 1.12. The van der Waals surface area contributed by atoms with E-state index in [9.17, 15) is 0 Å². The summed E-state index contributed by atoms with van der Waals surface area (Å²) in [5.41, 5.74) is 2.44. The Labute approximate surface area is 125 Å². The molecule has 1 atom stereocenters. The molecule has 0 aliphatic carbocycles. The number of nitrogens with one attached hydrogen (secondary N) is 1. The van der Waals surface area contributed by atoms with E-state index in [0.29, 0.717) is 0 Å². The molecule has 3 heteroatoms. The van der Waals surface area contributed by atoms with E-state index in [2.05, 4.69) is 56.4 Å². The molecule has 0 aliphatic heterocycles. The van der Waals surface area contributed by atoms with Gasteiger partial charge in [-0.25, -0.2) is 0 Å². The fourth-order valence-corrected chi connectivity index (χ4v) is 3.29. The summed E-state index contributed by atoms with van der Waals surface area (Å²) in [5.74, 6) is 0.963. The van der Waals surface area contributed by atoms with E-state index in [1.54, 1.807) is 7.11 Å². The highest BCUT2D eigenvalue weighted by Gasteiger charge is 2.19. The third kappa shape index (κ3) is 3.41. The number of rotatable bonds is 6. The van der Waals surface area contributed by atoms with Gasteiger partial charge in [0.15, 0.2) is 0 Å². The predicted octanol–water partition coefficient (Wildman–Crippen LogP) is 4.46. The topological polar surface area (TPSA) is 21.3 Å². The maximum absolute atomic E-state index is 5.58. The molecule has 0 bridgehead atoms. The zero-order chi connectivity index (χ0) is 14.5. The molecule has 1 unspecified atom stereocenters. The molecule has 20 heavy (non-hydrogen) atoms. The minimum absolute atomic E-state index is 0.212. The smallest absolute Gasteiger partial charge is 0.124 e. The lowest BCUT2D eigenvalue weighted by atomic mass is 10.0. The zero-order valence-electron chi connectivity index (χ0n) is 12.7. The lowest BCUT2D eigenvalue weighted by molar-refractivity contribution is 0.404. The van der Waals surface area contributed by atoms with Crippen molar-refractivity contribution in [1.29, 1.82) is 0 Å². The predicted molar refractivity (Wildman–Crippen MR) is 86.9 cm³/mol. The number of ether oxygens (including phenoxy) is 1. The molecule has 1 N–H and O–H groups in total. The number of hydrogen-bond donors (Lipinski definition) is 1. The highest BCUT2D eigenvalue weighted by Crippen LogP contribution is 2.34. The van der Waals surface area contributed by atoms with Crippen LogP contribution in [0, 0.1) is 13.8 Å². The standard InChI is InChI=1S/C17H23NOS/c1-5-10-18-17(16-9-7-13(3)20-16)14-8-6-12(2)11-15(14)19-4/h6-9,11,17-18H,5,10H2,1-4H3. The Hall–Kier alpha value is -1.32. The molecule has 0 radical (unpaired) electrons. The van der Waals surface area contributed by atoms with Gasteiger partial charge < -0.3 is 10.1 Å². The van der Waals surface area contributed by atoms with Crippen LogP contribution in [0.25, 0.3) is 0 Å². The van der Waals surface area contributed by atoms with Gasteiger partial charge in [0.05, 0.1) is 13.2 Å². The van der Waals surface area contributed by atoms with Gasteiger partial charge in [-0.2, -0.15) is 0 Å². The molecule has 2 rings (SSSR count). The maximum Gasteiger partial charge on any atom is 0.124 e. The third-order valence-corrected chi connectivity index (χ3v) is 4.41. The van der Waals surface area contributed by atoms with Crippen molar-refractivity contribution in [3.63, 3.8) is 0 Å². The molecule has 0 saturated carbocycles. The minimum Gasteiger partial charge on any atom is -0.496 e. The number of hydrogen-bond acceptors (Lipinski definition) is 3. The van der Waals surface area contributed by atoms with Crippen molar-refractivity contribution < 1.29 is 4.74 Å². The van der Waals surface area contributed by atoms with Gasteiger partial charge in [-0.3, -0.25) is 0 Å². The molecule has 1 aromatic heterocycles. The van der Waals surface area contributed by atoms with Gasteiger partial charge in [-0.15, -0.1) is 11.3 Å². The summed E-state index contributed by atoms with van der Waals surface area (Å²) in [7, 11) is 1.74. The molecular formula is C17H23NOS. The molecule has 0 fully saturated rings. The summed E-state index contributed by atoms with van der Waals surface area (Å²) >= 11 is 1.85. The molecular weight excluding hydrogens is 266 g/mol. The largest absolute Gasteiger partial charge is 0.496 e.